The second kappa shape index (κ2) is 13.2. The van der Waals surface area contributed by atoms with Gasteiger partial charge in [-0.1, -0.05) is 91.4 Å². The lowest BCUT2D eigenvalue weighted by molar-refractivity contribution is -0.152. The first-order valence-corrected chi connectivity index (χ1v) is 12.0. The molecule has 4 unspecified atom stereocenters. The fourth-order valence-electron chi connectivity index (χ4n) is 4.31. The Bertz CT molecular complexity index is 313. The van der Waals surface area contributed by atoms with Crippen molar-refractivity contribution < 1.29 is 9.47 Å². The number of hydrogen-bond donors (Lipinski definition) is 0. The molecule has 0 radical (unpaired) electrons. The average Bonchev–Trinajstić information content (AvgIpc) is 3.55. The lowest BCUT2D eigenvalue weighted by atomic mass is 10.1. The summed E-state index contributed by atoms with van der Waals surface area (Å²) in [7, 11) is 0. The summed E-state index contributed by atoms with van der Waals surface area (Å²) in [6.07, 6.45) is 19.1. The Morgan fingerprint density at radius 1 is 0.615 bits per heavy atom. The number of unbranched alkanes of at least 4 members (excludes halogenated alkanes) is 6. The molecule has 0 N–H and O–H groups in total. The predicted molar refractivity (Wildman–Crippen MR) is 111 cm³/mol. The lowest BCUT2D eigenvalue weighted by Crippen LogP contribution is -2.20. The second-order valence-corrected chi connectivity index (χ2v) is 9.10. The van der Waals surface area contributed by atoms with Crippen LogP contribution in [0, 0.1) is 23.7 Å². The summed E-state index contributed by atoms with van der Waals surface area (Å²) in [6, 6.07) is 0. The van der Waals surface area contributed by atoms with Crippen LogP contribution in [-0.4, -0.2) is 19.5 Å². The highest BCUT2D eigenvalue weighted by atomic mass is 16.7. The smallest absolute Gasteiger partial charge is 0.157 e. The van der Waals surface area contributed by atoms with Gasteiger partial charge >= 0.3 is 0 Å². The average molecular weight is 367 g/mol. The molecule has 0 aromatic carbocycles. The van der Waals surface area contributed by atoms with E-state index in [1.807, 2.05) is 0 Å². The van der Waals surface area contributed by atoms with Crippen molar-refractivity contribution in [2.75, 3.05) is 13.2 Å². The normalized spacial score (nSPS) is 28.3. The zero-order valence-corrected chi connectivity index (χ0v) is 18.0. The van der Waals surface area contributed by atoms with E-state index in [0.717, 1.165) is 49.7 Å². The van der Waals surface area contributed by atoms with Gasteiger partial charge in [0.2, 0.25) is 0 Å². The minimum atomic E-state index is 0.0580. The second-order valence-electron chi connectivity index (χ2n) is 9.10. The number of rotatable bonds is 18. The molecule has 154 valence electrons. The molecule has 0 spiro atoms. The summed E-state index contributed by atoms with van der Waals surface area (Å²) in [4.78, 5) is 0. The third kappa shape index (κ3) is 9.22. The van der Waals surface area contributed by atoms with Crippen LogP contribution in [0.2, 0.25) is 0 Å². The van der Waals surface area contributed by atoms with Crippen molar-refractivity contribution in [3.63, 3.8) is 0 Å². The van der Waals surface area contributed by atoms with Crippen molar-refractivity contribution in [3.8, 4) is 0 Å². The highest BCUT2D eigenvalue weighted by molar-refractivity contribution is 4.87. The Labute approximate surface area is 163 Å². The molecule has 0 saturated heterocycles. The summed E-state index contributed by atoms with van der Waals surface area (Å²) in [5.41, 5.74) is 0. The molecule has 2 heteroatoms. The topological polar surface area (TPSA) is 18.5 Å². The number of ether oxygens (including phenoxy) is 2. The van der Waals surface area contributed by atoms with Gasteiger partial charge in [0, 0.05) is 0 Å². The molecule has 4 atom stereocenters. The molecule has 0 aromatic heterocycles. The fraction of sp³-hybridized carbons (Fsp3) is 1.00. The minimum Gasteiger partial charge on any atom is -0.352 e. The summed E-state index contributed by atoms with van der Waals surface area (Å²) in [5, 5.41) is 0. The Hall–Kier alpha value is -0.0800. The van der Waals surface area contributed by atoms with Gasteiger partial charge in [0.05, 0.1) is 13.2 Å². The minimum absolute atomic E-state index is 0.0580. The highest BCUT2D eigenvalue weighted by Crippen LogP contribution is 2.44. The van der Waals surface area contributed by atoms with Crippen molar-refractivity contribution in [3.05, 3.63) is 0 Å². The van der Waals surface area contributed by atoms with Crippen LogP contribution in [0.3, 0.4) is 0 Å². The molecule has 2 aliphatic rings. The van der Waals surface area contributed by atoms with Crippen LogP contribution >= 0.6 is 0 Å². The molecule has 0 aliphatic heterocycles. The maximum atomic E-state index is 6.17. The van der Waals surface area contributed by atoms with E-state index in [1.54, 1.807) is 0 Å². The molecule has 2 aliphatic carbocycles. The van der Waals surface area contributed by atoms with Gasteiger partial charge in [-0.15, -0.1) is 0 Å². The summed E-state index contributed by atoms with van der Waals surface area (Å²) in [6.45, 7) is 8.69. The molecule has 0 amide bonds. The van der Waals surface area contributed by atoms with Crippen LogP contribution in [0.5, 0.6) is 0 Å². The summed E-state index contributed by atoms with van der Waals surface area (Å²) in [5.74, 6) is 3.55. The molecule has 2 rings (SSSR count). The first kappa shape index (κ1) is 22.2. The molecule has 0 heterocycles. The molecule has 0 aromatic rings. The zero-order chi connectivity index (χ0) is 18.6. The van der Waals surface area contributed by atoms with E-state index in [4.69, 9.17) is 9.47 Å². The Kier molecular flexibility index (Phi) is 11.2. The van der Waals surface area contributed by atoms with Crippen molar-refractivity contribution in [2.45, 2.75) is 117 Å². The third-order valence-corrected chi connectivity index (χ3v) is 6.51. The molecule has 0 bridgehead atoms. The monoisotopic (exact) mass is 366 g/mol. The van der Waals surface area contributed by atoms with Crippen LogP contribution in [0.25, 0.3) is 0 Å². The first-order chi connectivity index (χ1) is 12.8. The van der Waals surface area contributed by atoms with Gasteiger partial charge in [0.25, 0.3) is 0 Å². The van der Waals surface area contributed by atoms with E-state index in [9.17, 15) is 0 Å². The highest BCUT2D eigenvalue weighted by Gasteiger charge is 2.38. The Balaban J connectivity index is 1.49. The zero-order valence-electron chi connectivity index (χ0n) is 18.0. The molecule has 26 heavy (non-hydrogen) atoms. The maximum Gasteiger partial charge on any atom is 0.157 e. The Morgan fingerprint density at radius 3 is 1.54 bits per heavy atom. The van der Waals surface area contributed by atoms with Crippen molar-refractivity contribution >= 4 is 0 Å². The summed E-state index contributed by atoms with van der Waals surface area (Å²) < 4.78 is 12.3. The van der Waals surface area contributed by atoms with Crippen LogP contribution in [0.1, 0.15) is 111 Å². The van der Waals surface area contributed by atoms with Crippen molar-refractivity contribution in [1.82, 2.24) is 0 Å². The van der Waals surface area contributed by atoms with Crippen LogP contribution in [-0.2, 0) is 9.47 Å². The van der Waals surface area contributed by atoms with Crippen molar-refractivity contribution in [1.29, 1.82) is 0 Å². The van der Waals surface area contributed by atoms with Gasteiger partial charge < -0.3 is 9.47 Å². The quantitative estimate of drug-likeness (QED) is 0.186. The van der Waals surface area contributed by atoms with E-state index >= 15 is 0 Å². The van der Waals surface area contributed by atoms with Gasteiger partial charge in [0.1, 0.15) is 0 Å². The largest absolute Gasteiger partial charge is 0.352 e. The summed E-state index contributed by atoms with van der Waals surface area (Å²) >= 11 is 0. The predicted octanol–water partition coefficient (Wildman–Crippen LogP) is 7.36. The van der Waals surface area contributed by atoms with E-state index in [-0.39, 0.29) is 6.29 Å². The van der Waals surface area contributed by atoms with Crippen molar-refractivity contribution in [2.24, 2.45) is 23.7 Å². The fourth-order valence-corrected chi connectivity index (χ4v) is 4.31. The van der Waals surface area contributed by atoms with Gasteiger partial charge in [-0.25, -0.2) is 0 Å². The molecular formula is C24H46O2. The van der Waals surface area contributed by atoms with Gasteiger partial charge in [-0.3, -0.25) is 0 Å². The van der Waals surface area contributed by atoms with E-state index < -0.39 is 0 Å². The number of hydrogen-bond acceptors (Lipinski definition) is 2. The maximum absolute atomic E-state index is 6.17. The SMILES string of the molecule is CCCCCCC1CC1COC(CCC)OCC1CC1CCCCCC. The van der Waals surface area contributed by atoms with E-state index in [0.29, 0.717) is 0 Å². The van der Waals surface area contributed by atoms with E-state index in [2.05, 4.69) is 20.8 Å². The van der Waals surface area contributed by atoms with Gasteiger partial charge in [0.15, 0.2) is 6.29 Å². The van der Waals surface area contributed by atoms with Crippen LogP contribution in [0.4, 0.5) is 0 Å². The third-order valence-electron chi connectivity index (χ3n) is 6.51. The van der Waals surface area contributed by atoms with Crippen LogP contribution < -0.4 is 0 Å². The standard InChI is InChI=1S/C24H46O2/c1-4-7-9-11-14-20-16-22(20)18-25-24(13-6-3)26-19-23-17-21(23)15-12-10-8-5-2/h20-24H,4-19H2,1-3H3. The lowest BCUT2D eigenvalue weighted by Gasteiger charge is -2.18. The first-order valence-electron chi connectivity index (χ1n) is 12.0. The van der Waals surface area contributed by atoms with Crippen LogP contribution in [0.15, 0.2) is 0 Å². The molecular weight excluding hydrogens is 320 g/mol. The molecule has 2 fully saturated rings. The van der Waals surface area contributed by atoms with E-state index in [1.165, 1.54) is 77.0 Å². The van der Waals surface area contributed by atoms with Gasteiger partial charge in [-0.05, 0) is 42.9 Å². The van der Waals surface area contributed by atoms with Gasteiger partial charge in [-0.2, -0.15) is 0 Å². The molecule has 2 saturated carbocycles. The molecule has 2 nitrogen and oxygen atoms in total. The Morgan fingerprint density at radius 2 is 1.12 bits per heavy atom.